The first kappa shape index (κ1) is 21.5. The molecule has 1 heterocycles. The van der Waals surface area contributed by atoms with E-state index in [-0.39, 0.29) is 24.2 Å². The van der Waals surface area contributed by atoms with E-state index in [4.69, 9.17) is 28.0 Å². The molecule has 0 saturated heterocycles. The number of halogens is 2. The first-order valence-corrected chi connectivity index (χ1v) is 9.93. The molecule has 0 saturated carbocycles. The Hall–Kier alpha value is -2.18. The highest BCUT2D eigenvalue weighted by atomic mass is 35.5. The Morgan fingerprint density at radius 3 is 2.38 bits per heavy atom. The summed E-state index contributed by atoms with van der Waals surface area (Å²) in [7, 11) is 1.79. The van der Waals surface area contributed by atoms with Gasteiger partial charge in [-0.1, -0.05) is 58.7 Å². The van der Waals surface area contributed by atoms with Crippen molar-refractivity contribution >= 4 is 34.8 Å². The quantitative estimate of drug-likeness (QED) is 0.592. The molecule has 7 heteroatoms. The summed E-state index contributed by atoms with van der Waals surface area (Å²) in [5.74, 6) is -0.327. The van der Waals surface area contributed by atoms with Gasteiger partial charge in [0.05, 0.1) is 11.1 Å². The largest absolute Gasteiger partial charge is 0.291 e. The van der Waals surface area contributed by atoms with Gasteiger partial charge in [0.1, 0.15) is 6.61 Å². The molecule has 2 aromatic carbocycles. The highest BCUT2D eigenvalue weighted by Crippen LogP contribution is 2.34. The minimum atomic E-state index is -0.386. The standard InChI is InChI=1S/C22H22Cl2N2O3/c1-13-18(23)11-10-17(21(13)24)22(28)20-14(2)25(4)26(15(20)3)29-12-19(27)16-8-6-5-7-9-16/h5-11,15H,12H2,1-4H3. The van der Waals surface area contributed by atoms with Gasteiger partial charge in [0.2, 0.25) is 0 Å². The van der Waals surface area contributed by atoms with E-state index in [2.05, 4.69) is 0 Å². The summed E-state index contributed by atoms with van der Waals surface area (Å²) in [6.07, 6.45) is 0. The third kappa shape index (κ3) is 4.09. The Morgan fingerprint density at radius 2 is 1.72 bits per heavy atom. The molecule has 1 atom stereocenters. The molecule has 3 rings (SSSR count). The molecule has 1 aliphatic rings. The highest BCUT2D eigenvalue weighted by molar-refractivity contribution is 6.38. The molecule has 2 aromatic rings. The fourth-order valence-electron chi connectivity index (χ4n) is 3.36. The fourth-order valence-corrected chi connectivity index (χ4v) is 3.82. The van der Waals surface area contributed by atoms with E-state index >= 15 is 0 Å². The van der Waals surface area contributed by atoms with Gasteiger partial charge in [0.25, 0.3) is 0 Å². The van der Waals surface area contributed by atoms with Gasteiger partial charge in [-0.25, -0.2) is 0 Å². The monoisotopic (exact) mass is 432 g/mol. The van der Waals surface area contributed by atoms with Gasteiger partial charge in [-0.3, -0.25) is 19.4 Å². The zero-order valence-electron chi connectivity index (χ0n) is 16.7. The minimum Gasteiger partial charge on any atom is -0.291 e. The number of Topliss-reactive ketones (excluding diaryl/α,β-unsaturated/α-hetero) is 2. The minimum absolute atomic E-state index is 0.131. The van der Waals surface area contributed by atoms with Crippen molar-refractivity contribution in [3.8, 4) is 0 Å². The number of hydrazine groups is 1. The van der Waals surface area contributed by atoms with Crippen molar-refractivity contribution < 1.29 is 14.4 Å². The van der Waals surface area contributed by atoms with Crippen LogP contribution in [0.4, 0.5) is 0 Å². The van der Waals surface area contributed by atoms with Crippen LogP contribution in [0, 0.1) is 6.92 Å². The van der Waals surface area contributed by atoms with Crippen LogP contribution in [0.1, 0.15) is 40.1 Å². The van der Waals surface area contributed by atoms with Crippen LogP contribution >= 0.6 is 23.2 Å². The second-order valence-electron chi connectivity index (χ2n) is 6.93. The summed E-state index contributed by atoms with van der Waals surface area (Å²) >= 11 is 12.5. The van der Waals surface area contributed by atoms with Gasteiger partial charge < -0.3 is 0 Å². The molecule has 0 aliphatic carbocycles. The maximum absolute atomic E-state index is 13.2. The summed E-state index contributed by atoms with van der Waals surface area (Å²) in [6.45, 7) is 5.33. The number of carbonyl (C=O) groups is 2. The first-order valence-electron chi connectivity index (χ1n) is 9.18. The number of allylic oxidation sites excluding steroid dienone is 1. The van der Waals surface area contributed by atoms with Crippen molar-refractivity contribution in [1.29, 1.82) is 0 Å². The van der Waals surface area contributed by atoms with Crippen molar-refractivity contribution in [1.82, 2.24) is 10.2 Å². The third-order valence-electron chi connectivity index (χ3n) is 5.15. The predicted molar refractivity (Wildman–Crippen MR) is 114 cm³/mol. The average Bonchev–Trinajstić information content (AvgIpc) is 2.93. The van der Waals surface area contributed by atoms with E-state index in [0.29, 0.717) is 32.3 Å². The Balaban J connectivity index is 1.79. The number of carbonyl (C=O) groups excluding carboxylic acids is 2. The lowest BCUT2D eigenvalue weighted by atomic mass is 9.96. The number of ketones is 2. The van der Waals surface area contributed by atoms with E-state index in [9.17, 15) is 9.59 Å². The lowest BCUT2D eigenvalue weighted by Gasteiger charge is -2.29. The van der Waals surface area contributed by atoms with Gasteiger partial charge in [-0.05, 0) is 38.5 Å². The number of rotatable bonds is 6. The Bertz CT molecular complexity index is 989. The van der Waals surface area contributed by atoms with Crippen molar-refractivity contribution in [2.45, 2.75) is 26.8 Å². The second-order valence-corrected chi connectivity index (χ2v) is 7.71. The molecule has 1 unspecified atom stereocenters. The molecule has 5 nitrogen and oxygen atoms in total. The zero-order valence-corrected chi connectivity index (χ0v) is 18.2. The van der Waals surface area contributed by atoms with Crippen molar-refractivity contribution in [3.05, 3.63) is 80.5 Å². The van der Waals surface area contributed by atoms with Gasteiger partial charge in [0, 0.05) is 34.5 Å². The van der Waals surface area contributed by atoms with Crippen molar-refractivity contribution in [2.75, 3.05) is 13.7 Å². The molecule has 0 spiro atoms. The number of hydrogen-bond donors (Lipinski definition) is 0. The first-order chi connectivity index (χ1) is 13.7. The fraction of sp³-hybridized carbons (Fsp3) is 0.273. The molecule has 0 bridgehead atoms. The number of benzene rings is 2. The molecule has 0 N–H and O–H groups in total. The van der Waals surface area contributed by atoms with Crippen molar-refractivity contribution in [3.63, 3.8) is 0 Å². The van der Waals surface area contributed by atoms with Gasteiger partial charge in [-0.15, -0.1) is 0 Å². The van der Waals surface area contributed by atoms with E-state index in [0.717, 1.165) is 5.70 Å². The summed E-state index contributed by atoms with van der Waals surface area (Å²) in [5, 5.41) is 4.13. The normalized spacial score (nSPS) is 17.2. The zero-order chi connectivity index (χ0) is 21.3. The van der Waals surface area contributed by atoms with Gasteiger partial charge in [-0.2, -0.15) is 0 Å². The SMILES string of the molecule is CC1=C(C(=O)c2ccc(Cl)c(C)c2Cl)C(C)N(OCC(=O)c2ccccc2)N1C. The average molecular weight is 433 g/mol. The Kier molecular flexibility index (Phi) is 6.44. The van der Waals surface area contributed by atoms with E-state index in [1.54, 1.807) is 60.6 Å². The maximum Gasteiger partial charge on any atom is 0.194 e. The van der Waals surface area contributed by atoms with Crippen LogP contribution in [0.25, 0.3) is 0 Å². The Labute approximate surface area is 180 Å². The molecule has 0 radical (unpaired) electrons. The summed E-state index contributed by atoms with van der Waals surface area (Å²) < 4.78 is 0. The van der Waals surface area contributed by atoms with Crippen molar-refractivity contribution in [2.24, 2.45) is 0 Å². The van der Waals surface area contributed by atoms with E-state index in [1.807, 2.05) is 19.9 Å². The predicted octanol–water partition coefficient (Wildman–Crippen LogP) is 5.12. The van der Waals surface area contributed by atoms with Crippen LogP contribution in [0.15, 0.2) is 53.7 Å². The highest BCUT2D eigenvalue weighted by Gasteiger charge is 2.38. The molecular weight excluding hydrogens is 411 g/mol. The van der Waals surface area contributed by atoms with Crippen LogP contribution in [0.3, 0.4) is 0 Å². The molecule has 0 amide bonds. The summed E-state index contributed by atoms with van der Waals surface area (Å²) in [4.78, 5) is 31.4. The number of hydrogen-bond acceptors (Lipinski definition) is 5. The second kappa shape index (κ2) is 8.67. The van der Waals surface area contributed by atoms with Gasteiger partial charge in [0.15, 0.2) is 11.6 Å². The smallest absolute Gasteiger partial charge is 0.194 e. The molecule has 29 heavy (non-hydrogen) atoms. The topological polar surface area (TPSA) is 49.9 Å². The molecule has 0 aromatic heterocycles. The summed E-state index contributed by atoms with van der Waals surface area (Å²) in [6, 6.07) is 11.9. The van der Waals surface area contributed by atoms with Crippen LogP contribution in [-0.2, 0) is 4.84 Å². The van der Waals surface area contributed by atoms with Crippen LogP contribution in [0.2, 0.25) is 10.0 Å². The van der Waals surface area contributed by atoms with E-state index in [1.165, 1.54) is 0 Å². The molecule has 1 aliphatic heterocycles. The maximum atomic E-state index is 13.2. The molecule has 0 fully saturated rings. The van der Waals surface area contributed by atoms with Crippen LogP contribution < -0.4 is 0 Å². The number of hydroxylamine groups is 1. The summed E-state index contributed by atoms with van der Waals surface area (Å²) in [5.41, 5.74) is 2.93. The van der Waals surface area contributed by atoms with Crippen LogP contribution in [0.5, 0.6) is 0 Å². The van der Waals surface area contributed by atoms with E-state index < -0.39 is 0 Å². The third-order valence-corrected chi connectivity index (χ3v) is 6.05. The van der Waals surface area contributed by atoms with Gasteiger partial charge >= 0.3 is 0 Å². The lowest BCUT2D eigenvalue weighted by Crippen LogP contribution is -2.40. The molecular formula is C22H22Cl2N2O3. The lowest BCUT2D eigenvalue weighted by molar-refractivity contribution is -0.258. The number of nitrogens with zero attached hydrogens (tertiary/aromatic N) is 2. The Morgan fingerprint density at radius 1 is 1.07 bits per heavy atom. The molecule has 152 valence electrons. The van der Waals surface area contributed by atoms with Crippen LogP contribution in [-0.4, -0.2) is 41.4 Å².